The Balaban J connectivity index is 1.91. The highest BCUT2D eigenvalue weighted by Crippen LogP contribution is 2.30. The Kier molecular flexibility index (Phi) is 3.60. The highest BCUT2D eigenvalue weighted by Gasteiger charge is 2.12. The van der Waals surface area contributed by atoms with Gasteiger partial charge in [0.25, 0.3) is 0 Å². The van der Waals surface area contributed by atoms with E-state index in [4.69, 9.17) is 5.73 Å². The van der Waals surface area contributed by atoms with Crippen LogP contribution in [0.15, 0.2) is 47.8 Å². The lowest BCUT2D eigenvalue weighted by Crippen LogP contribution is -2.13. The molecule has 1 nitrogen and oxygen atoms in total. The molecule has 1 aromatic heterocycles. The summed E-state index contributed by atoms with van der Waals surface area (Å²) < 4.78 is 1.32. The number of nitrogens with two attached hydrogens (primary N) is 1. The molecule has 0 amide bonds. The van der Waals surface area contributed by atoms with Gasteiger partial charge in [0.1, 0.15) is 0 Å². The summed E-state index contributed by atoms with van der Waals surface area (Å²) in [5.41, 5.74) is 11.7. The van der Waals surface area contributed by atoms with Gasteiger partial charge in [-0.25, -0.2) is 0 Å². The van der Waals surface area contributed by atoms with Gasteiger partial charge < -0.3 is 5.73 Å². The van der Waals surface area contributed by atoms with Gasteiger partial charge in [0.15, 0.2) is 0 Å². The number of hydrogen-bond donors (Lipinski definition) is 1. The fourth-order valence-electron chi connectivity index (χ4n) is 2.84. The number of aryl methyl sites for hydroxylation is 2. The van der Waals surface area contributed by atoms with Crippen molar-refractivity contribution in [1.29, 1.82) is 0 Å². The van der Waals surface area contributed by atoms with Crippen molar-refractivity contribution in [3.8, 4) is 0 Å². The lowest BCUT2D eigenvalue weighted by atomic mass is 9.97. The molecule has 0 fully saturated rings. The van der Waals surface area contributed by atoms with Crippen LogP contribution < -0.4 is 5.73 Å². The van der Waals surface area contributed by atoms with Gasteiger partial charge in [-0.15, -0.1) is 11.3 Å². The Hall–Kier alpha value is -1.64. The van der Waals surface area contributed by atoms with Crippen LogP contribution in [0.2, 0.25) is 0 Å². The van der Waals surface area contributed by atoms with Gasteiger partial charge in [0, 0.05) is 10.7 Å². The second kappa shape index (κ2) is 5.39. The third-order valence-electron chi connectivity index (χ3n) is 3.65. The first kappa shape index (κ1) is 13.3. The number of hydrogen-bond acceptors (Lipinski definition) is 2. The normalized spacial score (nSPS) is 12.8. The van der Waals surface area contributed by atoms with Gasteiger partial charge in [-0.05, 0) is 48.2 Å². The number of fused-ring (bicyclic) bond motifs is 1. The first-order valence-electron chi connectivity index (χ1n) is 6.92. The highest BCUT2D eigenvalue weighted by atomic mass is 32.1. The van der Waals surface area contributed by atoms with E-state index in [-0.39, 0.29) is 6.04 Å². The summed E-state index contributed by atoms with van der Waals surface area (Å²) in [4.78, 5) is 0. The van der Waals surface area contributed by atoms with Crippen molar-refractivity contribution in [1.82, 2.24) is 0 Å². The fraction of sp³-hybridized carbons (Fsp3) is 0.222. The van der Waals surface area contributed by atoms with Crippen LogP contribution >= 0.6 is 11.3 Å². The van der Waals surface area contributed by atoms with Crippen LogP contribution in [-0.2, 0) is 6.42 Å². The fourth-order valence-corrected chi connectivity index (χ4v) is 3.86. The molecule has 0 spiro atoms. The molecule has 0 aliphatic rings. The molecule has 1 unspecified atom stereocenters. The van der Waals surface area contributed by atoms with E-state index in [1.807, 2.05) is 0 Å². The molecule has 0 radical (unpaired) electrons. The van der Waals surface area contributed by atoms with Gasteiger partial charge >= 0.3 is 0 Å². The molecule has 0 aliphatic carbocycles. The third kappa shape index (κ3) is 2.62. The van der Waals surface area contributed by atoms with Gasteiger partial charge in [0.2, 0.25) is 0 Å². The minimum atomic E-state index is 0.0624. The van der Waals surface area contributed by atoms with Gasteiger partial charge in [-0.3, -0.25) is 0 Å². The maximum absolute atomic E-state index is 6.44. The van der Waals surface area contributed by atoms with Crippen molar-refractivity contribution in [3.63, 3.8) is 0 Å². The molecule has 102 valence electrons. The predicted octanol–water partition coefficient (Wildman–Crippen LogP) is 4.76. The van der Waals surface area contributed by atoms with Crippen LogP contribution in [0.4, 0.5) is 0 Å². The average Bonchev–Trinajstić information content (AvgIpc) is 2.81. The van der Waals surface area contributed by atoms with Crippen LogP contribution in [-0.4, -0.2) is 0 Å². The van der Waals surface area contributed by atoms with E-state index in [0.29, 0.717) is 0 Å². The number of thiophene rings is 1. The highest BCUT2D eigenvalue weighted by molar-refractivity contribution is 7.17. The zero-order valence-corrected chi connectivity index (χ0v) is 12.7. The van der Waals surface area contributed by atoms with Crippen LogP contribution in [0, 0.1) is 13.8 Å². The summed E-state index contributed by atoms with van der Waals surface area (Å²) in [5, 5.41) is 3.51. The first-order chi connectivity index (χ1) is 9.63. The summed E-state index contributed by atoms with van der Waals surface area (Å²) in [6.07, 6.45) is 0.892. The molecule has 3 rings (SSSR count). The Morgan fingerprint density at radius 3 is 2.50 bits per heavy atom. The second-order valence-corrected chi connectivity index (χ2v) is 6.41. The van der Waals surface area contributed by atoms with Crippen molar-refractivity contribution < 1.29 is 0 Å². The minimum Gasteiger partial charge on any atom is -0.324 e. The predicted molar refractivity (Wildman–Crippen MR) is 88.4 cm³/mol. The molecule has 1 heterocycles. The summed E-state index contributed by atoms with van der Waals surface area (Å²) in [7, 11) is 0. The van der Waals surface area contributed by atoms with E-state index in [1.54, 1.807) is 11.3 Å². The molecule has 2 heteroatoms. The summed E-state index contributed by atoms with van der Waals surface area (Å²) in [6.45, 7) is 4.28. The lowest BCUT2D eigenvalue weighted by Gasteiger charge is -2.12. The average molecular weight is 281 g/mol. The van der Waals surface area contributed by atoms with Crippen molar-refractivity contribution in [2.45, 2.75) is 26.3 Å². The number of rotatable bonds is 3. The van der Waals surface area contributed by atoms with Crippen LogP contribution in [0.1, 0.15) is 28.3 Å². The molecule has 0 bridgehead atoms. The monoisotopic (exact) mass is 281 g/mol. The zero-order chi connectivity index (χ0) is 14.1. The van der Waals surface area contributed by atoms with Crippen LogP contribution in [0.5, 0.6) is 0 Å². The third-order valence-corrected chi connectivity index (χ3v) is 4.63. The smallest absolute Gasteiger partial charge is 0.0350 e. The molecule has 2 aromatic carbocycles. The molecule has 20 heavy (non-hydrogen) atoms. The molecule has 0 saturated carbocycles. The second-order valence-electron chi connectivity index (χ2n) is 5.49. The first-order valence-corrected chi connectivity index (χ1v) is 7.80. The Morgan fingerprint density at radius 2 is 1.75 bits per heavy atom. The van der Waals surface area contributed by atoms with Crippen molar-refractivity contribution >= 4 is 21.4 Å². The van der Waals surface area contributed by atoms with E-state index in [0.717, 1.165) is 6.42 Å². The van der Waals surface area contributed by atoms with Crippen molar-refractivity contribution in [2.75, 3.05) is 0 Å². The van der Waals surface area contributed by atoms with E-state index in [9.17, 15) is 0 Å². The van der Waals surface area contributed by atoms with E-state index in [2.05, 4.69) is 61.7 Å². The zero-order valence-electron chi connectivity index (χ0n) is 11.9. The maximum atomic E-state index is 6.44. The summed E-state index contributed by atoms with van der Waals surface area (Å²) in [6, 6.07) is 15.2. The van der Waals surface area contributed by atoms with Gasteiger partial charge in [-0.1, -0.05) is 47.5 Å². The SMILES string of the molecule is Cc1cc(C)cc(CC(N)c2csc3ccccc23)c1. The Labute approximate surface area is 124 Å². The van der Waals surface area contributed by atoms with Crippen LogP contribution in [0.3, 0.4) is 0 Å². The molecule has 0 aliphatic heterocycles. The summed E-state index contributed by atoms with van der Waals surface area (Å²) >= 11 is 1.78. The molecule has 3 aromatic rings. The Morgan fingerprint density at radius 1 is 1.05 bits per heavy atom. The van der Waals surface area contributed by atoms with Gasteiger partial charge in [0.05, 0.1) is 0 Å². The molecule has 1 atom stereocenters. The number of benzene rings is 2. The quantitative estimate of drug-likeness (QED) is 0.736. The van der Waals surface area contributed by atoms with Crippen LogP contribution in [0.25, 0.3) is 10.1 Å². The minimum absolute atomic E-state index is 0.0624. The summed E-state index contributed by atoms with van der Waals surface area (Å²) in [5.74, 6) is 0. The molecular weight excluding hydrogens is 262 g/mol. The largest absolute Gasteiger partial charge is 0.324 e. The standard InChI is InChI=1S/C18H19NS/c1-12-7-13(2)9-14(8-12)10-17(19)16-11-20-18-6-4-3-5-15(16)18/h3-9,11,17H,10,19H2,1-2H3. The molecule has 2 N–H and O–H groups in total. The van der Waals surface area contributed by atoms with E-state index >= 15 is 0 Å². The van der Waals surface area contributed by atoms with Gasteiger partial charge in [-0.2, -0.15) is 0 Å². The van der Waals surface area contributed by atoms with Crippen molar-refractivity contribution in [3.05, 3.63) is 70.1 Å². The van der Waals surface area contributed by atoms with Crippen molar-refractivity contribution in [2.24, 2.45) is 5.73 Å². The topological polar surface area (TPSA) is 26.0 Å². The lowest BCUT2D eigenvalue weighted by molar-refractivity contribution is 0.729. The molecular formula is C18H19NS. The maximum Gasteiger partial charge on any atom is 0.0350 e. The molecule has 0 saturated heterocycles. The van der Waals surface area contributed by atoms with E-state index in [1.165, 1.54) is 32.3 Å². The van der Waals surface area contributed by atoms with E-state index < -0.39 is 0 Å². The Bertz CT molecular complexity index is 722.